The van der Waals surface area contributed by atoms with Gasteiger partial charge in [-0.3, -0.25) is 4.79 Å². The zero-order chi connectivity index (χ0) is 21.1. The predicted octanol–water partition coefficient (Wildman–Crippen LogP) is 4.89. The SMILES string of the molecule is COc1ccc(OCC2c3cc(OC)c(C)cc3CCN2C(=O)c2cccs2)cc1. The molecule has 2 heterocycles. The Labute approximate surface area is 180 Å². The molecule has 0 spiro atoms. The number of carbonyl (C=O) groups excluding carboxylic acids is 1. The first-order chi connectivity index (χ1) is 14.6. The van der Waals surface area contributed by atoms with Crippen LogP contribution in [0, 0.1) is 6.92 Å². The monoisotopic (exact) mass is 423 g/mol. The first kappa shape index (κ1) is 20.3. The molecule has 2 aromatic carbocycles. The normalized spacial score (nSPS) is 15.4. The average molecular weight is 424 g/mol. The number of benzene rings is 2. The molecule has 1 unspecified atom stereocenters. The minimum absolute atomic E-state index is 0.0403. The van der Waals surface area contributed by atoms with Gasteiger partial charge in [-0.25, -0.2) is 0 Å². The second-order valence-corrected chi connectivity index (χ2v) is 8.20. The van der Waals surface area contributed by atoms with Gasteiger partial charge in [-0.15, -0.1) is 11.3 Å². The quantitative estimate of drug-likeness (QED) is 0.566. The van der Waals surface area contributed by atoms with Crippen molar-refractivity contribution in [3.63, 3.8) is 0 Å². The highest BCUT2D eigenvalue weighted by molar-refractivity contribution is 7.12. The van der Waals surface area contributed by atoms with E-state index in [0.717, 1.165) is 39.7 Å². The zero-order valence-corrected chi connectivity index (χ0v) is 18.2. The average Bonchev–Trinajstić information content (AvgIpc) is 3.31. The summed E-state index contributed by atoms with van der Waals surface area (Å²) >= 11 is 1.47. The third-order valence-corrected chi connectivity index (χ3v) is 6.33. The fourth-order valence-electron chi connectivity index (χ4n) is 3.89. The van der Waals surface area contributed by atoms with Crippen molar-refractivity contribution in [2.45, 2.75) is 19.4 Å². The molecule has 1 atom stereocenters. The molecular weight excluding hydrogens is 398 g/mol. The summed E-state index contributed by atoms with van der Waals surface area (Å²) in [5, 5.41) is 1.93. The Morgan fingerprint density at radius 1 is 1.10 bits per heavy atom. The number of rotatable bonds is 6. The molecule has 0 fully saturated rings. The number of ether oxygens (including phenoxy) is 3. The van der Waals surface area contributed by atoms with Crippen LogP contribution in [-0.2, 0) is 6.42 Å². The summed E-state index contributed by atoms with van der Waals surface area (Å²) in [6.45, 7) is 3.07. The van der Waals surface area contributed by atoms with Crippen LogP contribution in [0.15, 0.2) is 53.9 Å². The molecule has 156 valence electrons. The number of amides is 1. The van der Waals surface area contributed by atoms with E-state index in [1.807, 2.05) is 53.6 Å². The topological polar surface area (TPSA) is 48.0 Å². The third kappa shape index (κ3) is 4.00. The number of nitrogens with zero attached hydrogens (tertiary/aromatic N) is 1. The highest BCUT2D eigenvalue weighted by atomic mass is 32.1. The maximum atomic E-state index is 13.2. The van der Waals surface area contributed by atoms with E-state index >= 15 is 0 Å². The molecule has 0 N–H and O–H groups in total. The smallest absolute Gasteiger partial charge is 0.264 e. The molecule has 0 saturated carbocycles. The summed E-state index contributed by atoms with van der Waals surface area (Å²) in [7, 11) is 3.31. The van der Waals surface area contributed by atoms with Gasteiger partial charge in [0, 0.05) is 6.54 Å². The standard InChI is InChI=1S/C24H25NO4S/c1-16-13-17-10-11-25(24(26)23-5-4-12-30-23)21(20(17)14-22(16)28-3)15-29-19-8-6-18(27-2)7-9-19/h4-9,12-14,21H,10-11,15H2,1-3H3. The van der Waals surface area contributed by atoms with Gasteiger partial charge in [0.15, 0.2) is 0 Å². The Hall–Kier alpha value is -2.99. The van der Waals surface area contributed by atoms with E-state index in [0.29, 0.717) is 13.2 Å². The number of thiophene rings is 1. The molecule has 3 aromatic rings. The van der Waals surface area contributed by atoms with Crippen molar-refractivity contribution in [2.75, 3.05) is 27.4 Å². The Morgan fingerprint density at radius 2 is 1.87 bits per heavy atom. The number of carbonyl (C=O) groups is 1. The van der Waals surface area contributed by atoms with Crippen molar-refractivity contribution >= 4 is 17.2 Å². The number of hydrogen-bond acceptors (Lipinski definition) is 5. The molecule has 0 aliphatic carbocycles. The third-order valence-electron chi connectivity index (χ3n) is 5.47. The van der Waals surface area contributed by atoms with Gasteiger partial charge in [0.1, 0.15) is 23.9 Å². The Bertz CT molecular complexity index is 1010. The molecular formula is C24H25NO4S. The molecule has 0 bridgehead atoms. The van der Waals surface area contributed by atoms with E-state index in [4.69, 9.17) is 14.2 Å². The Kier molecular flexibility index (Phi) is 5.95. The molecule has 5 nitrogen and oxygen atoms in total. The second-order valence-electron chi connectivity index (χ2n) is 7.25. The number of hydrogen-bond donors (Lipinski definition) is 0. The first-order valence-corrected chi connectivity index (χ1v) is 10.8. The summed E-state index contributed by atoms with van der Waals surface area (Å²) in [6, 6.07) is 15.3. The molecule has 0 saturated heterocycles. The van der Waals surface area contributed by atoms with Crippen molar-refractivity contribution in [1.29, 1.82) is 0 Å². The van der Waals surface area contributed by atoms with Crippen LogP contribution in [-0.4, -0.2) is 38.2 Å². The molecule has 0 radical (unpaired) electrons. The van der Waals surface area contributed by atoms with Gasteiger partial charge < -0.3 is 19.1 Å². The lowest BCUT2D eigenvalue weighted by molar-refractivity contribution is 0.0594. The van der Waals surface area contributed by atoms with Crippen LogP contribution >= 0.6 is 11.3 Å². The van der Waals surface area contributed by atoms with E-state index in [-0.39, 0.29) is 11.9 Å². The van der Waals surface area contributed by atoms with Gasteiger partial charge in [0.2, 0.25) is 0 Å². The van der Waals surface area contributed by atoms with Gasteiger partial charge in [-0.2, -0.15) is 0 Å². The number of aryl methyl sites for hydroxylation is 1. The lowest BCUT2D eigenvalue weighted by atomic mass is 9.90. The van der Waals surface area contributed by atoms with Gasteiger partial charge in [0.25, 0.3) is 5.91 Å². The Balaban J connectivity index is 1.65. The lowest BCUT2D eigenvalue weighted by Gasteiger charge is -2.37. The summed E-state index contributed by atoms with van der Waals surface area (Å²) in [6.07, 6.45) is 0.816. The predicted molar refractivity (Wildman–Crippen MR) is 118 cm³/mol. The summed E-state index contributed by atoms with van der Waals surface area (Å²) in [5.41, 5.74) is 3.43. The zero-order valence-electron chi connectivity index (χ0n) is 17.4. The molecule has 6 heteroatoms. The molecule has 1 amide bonds. The largest absolute Gasteiger partial charge is 0.497 e. The van der Waals surface area contributed by atoms with Crippen molar-refractivity contribution in [3.05, 3.63) is 75.5 Å². The minimum atomic E-state index is -0.194. The number of fused-ring (bicyclic) bond motifs is 1. The lowest BCUT2D eigenvalue weighted by Crippen LogP contribution is -2.42. The van der Waals surface area contributed by atoms with E-state index in [2.05, 4.69) is 12.1 Å². The highest BCUT2D eigenvalue weighted by Gasteiger charge is 2.33. The van der Waals surface area contributed by atoms with Gasteiger partial charge in [-0.1, -0.05) is 12.1 Å². The van der Waals surface area contributed by atoms with Crippen molar-refractivity contribution in [3.8, 4) is 17.2 Å². The molecule has 30 heavy (non-hydrogen) atoms. The first-order valence-electron chi connectivity index (χ1n) is 9.89. The fraction of sp³-hybridized carbons (Fsp3) is 0.292. The molecule has 1 aliphatic rings. The highest BCUT2D eigenvalue weighted by Crippen LogP contribution is 2.36. The van der Waals surface area contributed by atoms with Gasteiger partial charge >= 0.3 is 0 Å². The van der Waals surface area contributed by atoms with Crippen LogP contribution in [0.3, 0.4) is 0 Å². The molecule has 1 aliphatic heterocycles. The van der Waals surface area contributed by atoms with Crippen molar-refractivity contribution < 1.29 is 19.0 Å². The van der Waals surface area contributed by atoms with Crippen LogP contribution in [0.4, 0.5) is 0 Å². The van der Waals surface area contributed by atoms with Crippen LogP contribution in [0.1, 0.15) is 32.4 Å². The second kappa shape index (κ2) is 8.79. The summed E-state index contributed by atoms with van der Waals surface area (Å²) < 4.78 is 16.9. The van der Waals surface area contributed by atoms with Crippen molar-refractivity contribution in [2.24, 2.45) is 0 Å². The number of methoxy groups -OCH3 is 2. The summed E-state index contributed by atoms with van der Waals surface area (Å²) in [5.74, 6) is 2.39. The fourth-order valence-corrected chi connectivity index (χ4v) is 4.57. The maximum Gasteiger partial charge on any atom is 0.264 e. The van der Waals surface area contributed by atoms with E-state index in [9.17, 15) is 4.79 Å². The van der Waals surface area contributed by atoms with Gasteiger partial charge in [-0.05, 0) is 71.8 Å². The maximum absolute atomic E-state index is 13.2. The van der Waals surface area contributed by atoms with E-state index in [1.54, 1.807) is 14.2 Å². The van der Waals surface area contributed by atoms with Crippen molar-refractivity contribution in [1.82, 2.24) is 4.90 Å². The molecule has 1 aromatic heterocycles. The van der Waals surface area contributed by atoms with E-state index < -0.39 is 0 Å². The van der Waals surface area contributed by atoms with Crippen LogP contribution in [0.5, 0.6) is 17.2 Å². The Morgan fingerprint density at radius 3 is 2.53 bits per heavy atom. The van der Waals surface area contributed by atoms with Crippen LogP contribution < -0.4 is 14.2 Å². The van der Waals surface area contributed by atoms with Crippen LogP contribution in [0.25, 0.3) is 0 Å². The minimum Gasteiger partial charge on any atom is -0.497 e. The van der Waals surface area contributed by atoms with Crippen LogP contribution in [0.2, 0.25) is 0 Å². The summed E-state index contributed by atoms with van der Waals surface area (Å²) in [4.78, 5) is 15.9. The molecule has 4 rings (SSSR count). The van der Waals surface area contributed by atoms with E-state index in [1.165, 1.54) is 16.9 Å². The van der Waals surface area contributed by atoms with Gasteiger partial charge in [0.05, 0.1) is 25.1 Å².